The number of nitrogens with one attached hydrogen (secondary N) is 1. The molecule has 0 spiro atoms. The lowest BCUT2D eigenvalue weighted by Gasteiger charge is -2.31. The first-order chi connectivity index (χ1) is 14.7. The Labute approximate surface area is 185 Å². The van der Waals surface area contributed by atoms with Crippen LogP contribution in [0.25, 0.3) is 0 Å². The highest BCUT2D eigenvalue weighted by Crippen LogP contribution is 2.25. The van der Waals surface area contributed by atoms with Crippen molar-refractivity contribution in [2.75, 3.05) is 24.5 Å². The second-order valence-electron chi connectivity index (χ2n) is 8.41. The molecule has 0 unspecified atom stereocenters. The van der Waals surface area contributed by atoms with Crippen LogP contribution < -0.4 is 10.2 Å². The molecule has 1 amide bonds. The van der Waals surface area contributed by atoms with E-state index in [0.717, 1.165) is 56.3 Å². The molecule has 1 aromatic heterocycles. The Balaban J connectivity index is 1.31. The van der Waals surface area contributed by atoms with Crippen LogP contribution in [0.5, 0.6) is 0 Å². The van der Waals surface area contributed by atoms with Gasteiger partial charge >= 0.3 is 0 Å². The summed E-state index contributed by atoms with van der Waals surface area (Å²) in [5, 5.41) is 4.19. The van der Waals surface area contributed by atoms with E-state index in [0.29, 0.717) is 12.3 Å². The maximum Gasteiger partial charge on any atom is 0.220 e. The number of aromatic nitrogens is 2. The van der Waals surface area contributed by atoms with Gasteiger partial charge in [-0.3, -0.25) is 4.79 Å². The molecule has 0 saturated carbocycles. The van der Waals surface area contributed by atoms with E-state index in [1.807, 2.05) is 6.07 Å². The first kappa shape index (κ1) is 22.7. The third-order valence-electron chi connectivity index (χ3n) is 5.89. The van der Waals surface area contributed by atoms with Gasteiger partial charge in [-0.15, -0.1) is 0 Å². The molecule has 0 radical (unpaired) electrons. The highest BCUT2D eigenvalue weighted by molar-refractivity contribution is 7.09. The standard InChI is InChI=1S/C24H36N4OS/c1-2-3-4-5-6-10-13-23(29)25-19-21-14-16-28(17-15-21)24-26-22(27-30-24)18-20-11-8-7-9-12-20/h7-9,11-12,21H,2-6,10,13-19H2,1H3,(H,25,29). The summed E-state index contributed by atoms with van der Waals surface area (Å²) in [4.78, 5) is 19.2. The van der Waals surface area contributed by atoms with Gasteiger partial charge in [0.25, 0.3) is 0 Å². The van der Waals surface area contributed by atoms with Gasteiger partial charge in [-0.1, -0.05) is 69.4 Å². The summed E-state index contributed by atoms with van der Waals surface area (Å²) in [5.41, 5.74) is 1.25. The Bertz CT molecular complexity index is 741. The minimum absolute atomic E-state index is 0.225. The number of anilines is 1. The van der Waals surface area contributed by atoms with Crippen LogP contribution in [0.4, 0.5) is 5.13 Å². The summed E-state index contributed by atoms with van der Waals surface area (Å²) in [7, 11) is 0. The molecule has 1 N–H and O–H groups in total. The average molecular weight is 429 g/mol. The van der Waals surface area contributed by atoms with E-state index in [9.17, 15) is 4.79 Å². The molecule has 1 aliphatic rings. The smallest absolute Gasteiger partial charge is 0.220 e. The van der Waals surface area contributed by atoms with Crippen LogP contribution in [0.2, 0.25) is 0 Å². The first-order valence-corrected chi connectivity index (χ1v) is 12.4. The van der Waals surface area contributed by atoms with Gasteiger partial charge in [0.15, 0.2) is 0 Å². The van der Waals surface area contributed by atoms with E-state index >= 15 is 0 Å². The van der Waals surface area contributed by atoms with E-state index < -0.39 is 0 Å². The van der Waals surface area contributed by atoms with Gasteiger partial charge in [0, 0.05) is 44.0 Å². The van der Waals surface area contributed by atoms with Gasteiger partial charge < -0.3 is 10.2 Å². The number of piperidine rings is 1. The molecule has 1 aromatic carbocycles. The molecule has 0 atom stereocenters. The number of nitrogens with zero attached hydrogens (tertiary/aromatic N) is 3. The van der Waals surface area contributed by atoms with Gasteiger partial charge in [0.05, 0.1) is 0 Å². The fourth-order valence-corrected chi connectivity index (χ4v) is 4.70. The third kappa shape index (κ3) is 7.71. The third-order valence-corrected chi connectivity index (χ3v) is 6.71. The Morgan fingerprint density at radius 2 is 1.83 bits per heavy atom. The molecule has 6 heteroatoms. The molecule has 2 aromatic rings. The van der Waals surface area contributed by atoms with E-state index in [2.05, 4.69) is 45.8 Å². The van der Waals surface area contributed by atoms with Crippen LogP contribution in [0.1, 0.15) is 76.1 Å². The summed E-state index contributed by atoms with van der Waals surface area (Å²) in [5.74, 6) is 1.71. The lowest BCUT2D eigenvalue weighted by molar-refractivity contribution is -0.121. The summed E-state index contributed by atoms with van der Waals surface area (Å²) in [6.45, 7) is 5.04. The van der Waals surface area contributed by atoms with Crippen molar-refractivity contribution in [1.29, 1.82) is 0 Å². The number of rotatable bonds is 12. The zero-order valence-electron chi connectivity index (χ0n) is 18.3. The number of hydrogen-bond donors (Lipinski definition) is 1. The molecule has 0 aliphatic carbocycles. The molecule has 0 bridgehead atoms. The zero-order chi connectivity index (χ0) is 21.0. The maximum atomic E-state index is 12.1. The quantitative estimate of drug-likeness (QED) is 0.471. The molecule has 1 saturated heterocycles. The second kappa shape index (κ2) is 12.7. The van der Waals surface area contributed by atoms with Gasteiger partial charge in [-0.2, -0.15) is 4.37 Å². The van der Waals surface area contributed by atoms with E-state index in [1.54, 1.807) is 0 Å². The summed E-state index contributed by atoms with van der Waals surface area (Å²) < 4.78 is 4.55. The van der Waals surface area contributed by atoms with Crippen molar-refractivity contribution in [2.24, 2.45) is 5.92 Å². The van der Waals surface area contributed by atoms with Gasteiger partial charge in [-0.05, 0) is 30.7 Å². The van der Waals surface area contributed by atoms with Crippen LogP contribution in [-0.4, -0.2) is 34.9 Å². The van der Waals surface area contributed by atoms with E-state index in [1.165, 1.54) is 49.2 Å². The lowest BCUT2D eigenvalue weighted by Crippen LogP contribution is -2.38. The largest absolute Gasteiger partial charge is 0.356 e. The van der Waals surface area contributed by atoms with Crippen molar-refractivity contribution in [3.05, 3.63) is 41.7 Å². The Morgan fingerprint density at radius 3 is 2.60 bits per heavy atom. The molecule has 30 heavy (non-hydrogen) atoms. The van der Waals surface area contributed by atoms with Crippen molar-refractivity contribution in [1.82, 2.24) is 14.7 Å². The zero-order valence-corrected chi connectivity index (χ0v) is 19.1. The predicted octanol–water partition coefficient (Wildman–Crippen LogP) is 5.21. The van der Waals surface area contributed by atoms with Crippen molar-refractivity contribution in [3.8, 4) is 0 Å². The van der Waals surface area contributed by atoms with Gasteiger partial charge in [-0.25, -0.2) is 4.98 Å². The monoisotopic (exact) mass is 428 g/mol. The Kier molecular flexibility index (Phi) is 9.61. The van der Waals surface area contributed by atoms with Gasteiger partial charge in [0.2, 0.25) is 11.0 Å². The van der Waals surface area contributed by atoms with Crippen LogP contribution in [-0.2, 0) is 11.2 Å². The summed E-state index contributed by atoms with van der Waals surface area (Å²) in [6.07, 6.45) is 11.0. The summed E-state index contributed by atoms with van der Waals surface area (Å²) >= 11 is 1.51. The first-order valence-electron chi connectivity index (χ1n) is 11.6. The molecule has 164 valence electrons. The normalized spacial score (nSPS) is 14.8. The minimum atomic E-state index is 0.225. The number of unbranched alkanes of at least 4 members (excludes halogenated alkanes) is 5. The molecular weight excluding hydrogens is 392 g/mol. The average Bonchev–Trinajstić information content (AvgIpc) is 3.24. The molecule has 2 heterocycles. The number of hydrogen-bond acceptors (Lipinski definition) is 5. The van der Waals surface area contributed by atoms with Gasteiger partial charge in [0.1, 0.15) is 5.82 Å². The highest BCUT2D eigenvalue weighted by Gasteiger charge is 2.22. The van der Waals surface area contributed by atoms with E-state index in [-0.39, 0.29) is 5.91 Å². The number of amides is 1. The highest BCUT2D eigenvalue weighted by atomic mass is 32.1. The van der Waals surface area contributed by atoms with Crippen LogP contribution >= 0.6 is 11.5 Å². The van der Waals surface area contributed by atoms with Crippen LogP contribution in [0.3, 0.4) is 0 Å². The Morgan fingerprint density at radius 1 is 1.10 bits per heavy atom. The molecule has 1 aliphatic heterocycles. The van der Waals surface area contributed by atoms with Crippen molar-refractivity contribution in [3.63, 3.8) is 0 Å². The number of benzene rings is 1. The summed E-state index contributed by atoms with van der Waals surface area (Å²) in [6, 6.07) is 10.4. The predicted molar refractivity (Wildman–Crippen MR) is 125 cm³/mol. The fourth-order valence-electron chi connectivity index (χ4n) is 3.96. The fraction of sp³-hybridized carbons (Fsp3) is 0.625. The number of carbonyl (C=O) groups excluding carboxylic acids is 1. The van der Waals surface area contributed by atoms with E-state index in [4.69, 9.17) is 4.98 Å². The Hall–Kier alpha value is -1.95. The van der Waals surface area contributed by atoms with Crippen molar-refractivity contribution >= 4 is 22.6 Å². The topological polar surface area (TPSA) is 58.1 Å². The molecule has 1 fully saturated rings. The number of carbonyl (C=O) groups is 1. The molecular formula is C24H36N4OS. The van der Waals surface area contributed by atoms with Crippen molar-refractivity contribution in [2.45, 2.75) is 71.1 Å². The minimum Gasteiger partial charge on any atom is -0.356 e. The SMILES string of the molecule is CCCCCCCCC(=O)NCC1CCN(c2nc(Cc3ccccc3)ns2)CC1. The molecule has 3 rings (SSSR count). The lowest BCUT2D eigenvalue weighted by atomic mass is 9.97. The van der Waals surface area contributed by atoms with Crippen molar-refractivity contribution < 1.29 is 4.79 Å². The van der Waals surface area contributed by atoms with Crippen LogP contribution in [0.15, 0.2) is 30.3 Å². The second-order valence-corrected chi connectivity index (χ2v) is 9.14. The maximum absolute atomic E-state index is 12.1. The molecule has 5 nitrogen and oxygen atoms in total. The van der Waals surface area contributed by atoms with Crippen LogP contribution in [0, 0.1) is 5.92 Å².